The van der Waals surface area contributed by atoms with Crippen molar-refractivity contribution in [1.82, 2.24) is 15.0 Å². The lowest BCUT2D eigenvalue weighted by atomic mass is 9.98. The Labute approximate surface area is 208 Å². The average molecular weight is 500 g/mol. The average Bonchev–Trinajstić information content (AvgIpc) is 3.24. The van der Waals surface area contributed by atoms with Gasteiger partial charge in [0.1, 0.15) is 5.82 Å². The van der Waals surface area contributed by atoms with Crippen LogP contribution in [-0.4, -0.2) is 36.7 Å². The minimum Gasteiger partial charge on any atom is -0.338 e. The predicted octanol–water partition coefficient (Wildman–Crippen LogP) is 5.54. The van der Waals surface area contributed by atoms with Gasteiger partial charge in [0.15, 0.2) is 5.78 Å². The second kappa shape index (κ2) is 9.43. The first-order valence-corrected chi connectivity index (χ1v) is 13.5. The fraction of sp³-hybridized carbons (Fsp3) is 0.179. The highest BCUT2D eigenvalue weighted by Crippen LogP contribution is 2.36. The van der Waals surface area contributed by atoms with Gasteiger partial charge in [0.2, 0.25) is 0 Å². The monoisotopic (exact) mass is 499 g/mol. The standard InChI is InChI=1S/C28H26N3O4P/c1-17-13-19(11-12-36(33,34)35)14-18(2)27(17)28-30-24-10-8-21(15-25(24)31-28)26(32)16-22-9-7-20-5-3-4-6-23(20)29-22/h3-10,13-15H,11-12,16H2,1-2H3,(H,30,31)(H2,33,34,35). The Morgan fingerprint density at radius 1 is 0.917 bits per heavy atom. The Hall–Kier alpha value is -3.64. The Kier molecular flexibility index (Phi) is 6.31. The molecule has 0 unspecified atom stereocenters. The fourth-order valence-electron chi connectivity index (χ4n) is 4.62. The van der Waals surface area contributed by atoms with Crippen LogP contribution in [0.25, 0.3) is 33.3 Å². The molecular weight excluding hydrogens is 473 g/mol. The molecule has 0 aliphatic rings. The number of hydrogen-bond acceptors (Lipinski definition) is 4. The number of nitrogens with one attached hydrogen (secondary N) is 1. The van der Waals surface area contributed by atoms with Gasteiger partial charge in [0.25, 0.3) is 0 Å². The molecule has 0 aliphatic heterocycles. The van der Waals surface area contributed by atoms with Gasteiger partial charge in [-0.15, -0.1) is 0 Å². The highest BCUT2D eigenvalue weighted by Gasteiger charge is 2.17. The third kappa shape index (κ3) is 5.14. The van der Waals surface area contributed by atoms with Crippen molar-refractivity contribution in [3.63, 3.8) is 0 Å². The topological polar surface area (TPSA) is 116 Å². The molecule has 36 heavy (non-hydrogen) atoms. The quantitative estimate of drug-likeness (QED) is 0.200. The van der Waals surface area contributed by atoms with E-state index in [9.17, 15) is 19.1 Å². The third-order valence-corrected chi connectivity index (χ3v) is 7.13. The number of aryl methyl sites for hydroxylation is 3. The number of nitrogens with zero attached hydrogens (tertiary/aromatic N) is 2. The van der Waals surface area contributed by atoms with Crippen molar-refractivity contribution in [2.45, 2.75) is 26.7 Å². The van der Waals surface area contributed by atoms with E-state index in [0.29, 0.717) is 17.8 Å². The minimum absolute atomic E-state index is 0.0161. The van der Waals surface area contributed by atoms with Gasteiger partial charge in [0.05, 0.1) is 29.1 Å². The normalized spacial score (nSPS) is 11.9. The van der Waals surface area contributed by atoms with Crippen LogP contribution >= 0.6 is 7.60 Å². The van der Waals surface area contributed by atoms with Crippen molar-refractivity contribution in [3.05, 3.63) is 94.7 Å². The first-order chi connectivity index (χ1) is 17.2. The molecule has 182 valence electrons. The highest BCUT2D eigenvalue weighted by atomic mass is 31.2. The number of rotatable bonds is 7. The summed E-state index contributed by atoms with van der Waals surface area (Å²) in [6, 6.07) is 21.1. The minimum atomic E-state index is -4.05. The largest absolute Gasteiger partial charge is 0.338 e. The van der Waals surface area contributed by atoms with E-state index in [1.807, 2.05) is 74.5 Å². The van der Waals surface area contributed by atoms with E-state index in [-0.39, 0.29) is 18.4 Å². The number of aromatic amines is 1. The number of aromatic nitrogens is 3. The van der Waals surface area contributed by atoms with Gasteiger partial charge >= 0.3 is 7.60 Å². The second-order valence-electron chi connectivity index (χ2n) is 9.16. The van der Waals surface area contributed by atoms with Crippen LogP contribution in [0.15, 0.2) is 66.7 Å². The molecule has 0 radical (unpaired) electrons. The van der Waals surface area contributed by atoms with Crippen LogP contribution in [0.5, 0.6) is 0 Å². The van der Waals surface area contributed by atoms with Gasteiger partial charge in [-0.2, -0.15) is 0 Å². The van der Waals surface area contributed by atoms with E-state index in [4.69, 9.17) is 4.98 Å². The molecule has 7 nitrogen and oxygen atoms in total. The Morgan fingerprint density at radius 2 is 1.67 bits per heavy atom. The lowest BCUT2D eigenvalue weighted by Gasteiger charge is -2.11. The number of benzene rings is 3. The van der Waals surface area contributed by atoms with E-state index < -0.39 is 7.60 Å². The number of carbonyl (C=O) groups excluding carboxylic acids is 1. The van der Waals surface area contributed by atoms with Crippen molar-refractivity contribution in [3.8, 4) is 11.4 Å². The lowest BCUT2D eigenvalue weighted by molar-refractivity contribution is 0.0992. The number of para-hydroxylation sites is 1. The Bertz CT molecular complexity index is 1650. The first kappa shape index (κ1) is 24.1. The number of imidazole rings is 1. The van der Waals surface area contributed by atoms with Crippen LogP contribution in [0.3, 0.4) is 0 Å². The molecule has 0 saturated carbocycles. The molecule has 0 aliphatic carbocycles. The van der Waals surface area contributed by atoms with Crippen LogP contribution in [0.4, 0.5) is 0 Å². The molecule has 0 bridgehead atoms. The zero-order valence-corrected chi connectivity index (χ0v) is 20.9. The summed E-state index contributed by atoms with van der Waals surface area (Å²) in [6.07, 6.45) is 0.344. The number of fused-ring (bicyclic) bond motifs is 2. The molecule has 0 spiro atoms. The summed E-state index contributed by atoms with van der Waals surface area (Å²) in [5, 5.41) is 1.04. The van der Waals surface area contributed by atoms with Crippen LogP contribution < -0.4 is 0 Å². The van der Waals surface area contributed by atoms with Gasteiger partial charge < -0.3 is 14.8 Å². The molecule has 0 fully saturated rings. The summed E-state index contributed by atoms with van der Waals surface area (Å²) < 4.78 is 11.2. The van der Waals surface area contributed by atoms with E-state index in [1.165, 1.54) is 0 Å². The maximum atomic E-state index is 13.0. The van der Waals surface area contributed by atoms with E-state index >= 15 is 0 Å². The molecule has 5 aromatic rings. The zero-order valence-electron chi connectivity index (χ0n) is 20.0. The number of hydrogen-bond donors (Lipinski definition) is 3. The van der Waals surface area contributed by atoms with Crippen molar-refractivity contribution >= 4 is 35.3 Å². The fourth-order valence-corrected chi connectivity index (χ4v) is 5.17. The molecule has 5 rings (SSSR count). The van der Waals surface area contributed by atoms with Crippen molar-refractivity contribution < 1.29 is 19.1 Å². The van der Waals surface area contributed by atoms with Gasteiger partial charge in [-0.25, -0.2) is 4.98 Å². The summed E-state index contributed by atoms with van der Waals surface area (Å²) >= 11 is 0. The highest BCUT2D eigenvalue weighted by molar-refractivity contribution is 7.51. The van der Waals surface area contributed by atoms with E-state index in [0.717, 1.165) is 49.9 Å². The van der Waals surface area contributed by atoms with Crippen LogP contribution in [-0.2, 0) is 17.4 Å². The number of ketones is 1. The second-order valence-corrected chi connectivity index (χ2v) is 10.9. The third-order valence-electron chi connectivity index (χ3n) is 6.32. The first-order valence-electron chi connectivity index (χ1n) is 11.7. The zero-order chi connectivity index (χ0) is 25.4. The molecular formula is C28H26N3O4P. The summed E-state index contributed by atoms with van der Waals surface area (Å²) in [7, 11) is -4.05. The molecule has 2 heterocycles. The molecule has 0 amide bonds. The summed E-state index contributed by atoms with van der Waals surface area (Å²) in [5.41, 5.74) is 7.48. The maximum absolute atomic E-state index is 13.0. The van der Waals surface area contributed by atoms with Gasteiger partial charge in [-0.05, 0) is 67.3 Å². The number of carbonyl (C=O) groups is 1. The van der Waals surface area contributed by atoms with Gasteiger partial charge in [-0.1, -0.05) is 36.4 Å². The Morgan fingerprint density at radius 3 is 2.42 bits per heavy atom. The van der Waals surface area contributed by atoms with Crippen LogP contribution in [0, 0.1) is 13.8 Å². The van der Waals surface area contributed by atoms with E-state index in [2.05, 4.69) is 9.97 Å². The van der Waals surface area contributed by atoms with Crippen molar-refractivity contribution in [2.75, 3.05) is 6.16 Å². The maximum Gasteiger partial charge on any atom is 0.325 e. The van der Waals surface area contributed by atoms with E-state index in [1.54, 1.807) is 6.07 Å². The molecule has 0 atom stereocenters. The van der Waals surface area contributed by atoms with Crippen molar-refractivity contribution in [1.29, 1.82) is 0 Å². The smallest absolute Gasteiger partial charge is 0.325 e. The molecule has 2 aromatic heterocycles. The molecule has 3 N–H and O–H groups in total. The van der Waals surface area contributed by atoms with Crippen molar-refractivity contribution in [2.24, 2.45) is 0 Å². The lowest BCUT2D eigenvalue weighted by Crippen LogP contribution is -2.05. The number of Topliss-reactive ketones (excluding diaryl/α,β-unsaturated/α-hetero) is 1. The summed E-state index contributed by atoms with van der Waals surface area (Å²) in [6.45, 7) is 3.92. The Balaban J connectivity index is 1.40. The van der Waals surface area contributed by atoms with Gasteiger partial charge in [-0.3, -0.25) is 14.3 Å². The summed E-state index contributed by atoms with van der Waals surface area (Å²) in [4.78, 5) is 44.1. The SMILES string of the molecule is Cc1cc(CCP(=O)(O)O)cc(C)c1-c1nc2ccc(C(=O)Cc3ccc4ccccc4n3)cc2[nH]1. The predicted molar refractivity (Wildman–Crippen MR) is 141 cm³/mol. The molecule has 8 heteroatoms. The van der Waals surface area contributed by atoms with Crippen LogP contribution in [0.1, 0.15) is 32.7 Å². The summed E-state index contributed by atoms with van der Waals surface area (Å²) in [5.74, 6) is 0.680. The van der Waals surface area contributed by atoms with Gasteiger partial charge in [0, 0.05) is 22.2 Å². The van der Waals surface area contributed by atoms with Crippen LogP contribution in [0.2, 0.25) is 0 Å². The molecule has 0 saturated heterocycles. The molecule has 3 aromatic carbocycles. The number of pyridine rings is 1. The number of H-pyrrole nitrogens is 1.